The summed E-state index contributed by atoms with van der Waals surface area (Å²) in [6, 6.07) is 10.5. The zero-order valence-corrected chi connectivity index (χ0v) is 10.4. The number of nitrogens with one attached hydrogen (secondary N) is 2. The quantitative estimate of drug-likeness (QED) is 0.745. The van der Waals surface area contributed by atoms with E-state index in [1.165, 1.54) is 11.9 Å². The van der Waals surface area contributed by atoms with Crippen molar-refractivity contribution in [3.05, 3.63) is 42.2 Å². The number of hydrogen-bond acceptors (Lipinski definition) is 5. The van der Waals surface area contributed by atoms with Crippen LogP contribution in [0.2, 0.25) is 0 Å². The van der Waals surface area contributed by atoms with Crippen LogP contribution < -0.4 is 10.1 Å². The molecule has 0 atom stereocenters. The predicted octanol–water partition coefficient (Wildman–Crippen LogP) is 1.97. The van der Waals surface area contributed by atoms with Crippen LogP contribution in [0.5, 0.6) is 6.01 Å². The van der Waals surface area contributed by atoms with Crippen molar-refractivity contribution in [2.24, 2.45) is 0 Å². The van der Waals surface area contributed by atoms with Crippen LogP contribution in [0.3, 0.4) is 0 Å². The van der Waals surface area contributed by atoms with Crippen molar-refractivity contribution in [3.8, 4) is 6.01 Å². The molecule has 0 fully saturated rings. The van der Waals surface area contributed by atoms with Crippen molar-refractivity contribution in [3.63, 3.8) is 0 Å². The van der Waals surface area contributed by atoms with Gasteiger partial charge in [-0.25, -0.2) is 9.97 Å². The number of rotatable bonds is 4. The Kier molecular flexibility index (Phi) is 2.97. The van der Waals surface area contributed by atoms with Crippen LogP contribution in [0, 0.1) is 0 Å². The van der Waals surface area contributed by atoms with Gasteiger partial charge in [-0.05, 0) is 5.56 Å². The summed E-state index contributed by atoms with van der Waals surface area (Å²) in [7, 11) is 1.56. The van der Waals surface area contributed by atoms with E-state index in [1.807, 2.05) is 18.2 Å². The molecule has 19 heavy (non-hydrogen) atoms. The lowest BCUT2D eigenvalue weighted by Gasteiger charge is -2.05. The molecule has 96 valence electrons. The first-order valence-electron chi connectivity index (χ1n) is 5.89. The van der Waals surface area contributed by atoms with Crippen molar-refractivity contribution in [1.82, 2.24) is 19.9 Å². The normalized spacial score (nSPS) is 10.6. The van der Waals surface area contributed by atoms with Gasteiger partial charge in [0.2, 0.25) is 0 Å². The highest BCUT2D eigenvalue weighted by molar-refractivity contribution is 5.82. The van der Waals surface area contributed by atoms with Crippen molar-refractivity contribution in [1.29, 1.82) is 0 Å². The molecule has 0 spiro atoms. The van der Waals surface area contributed by atoms with Crippen LogP contribution in [-0.2, 0) is 6.54 Å². The van der Waals surface area contributed by atoms with Gasteiger partial charge in [-0.15, -0.1) is 0 Å². The number of H-pyrrole nitrogens is 1. The third-order valence-electron chi connectivity index (χ3n) is 2.76. The molecule has 0 aliphatic rings. The lowest BCUT2D eigenvalue weighted by Crippen LogP contribution is -2.02. The SMILES string of the molecule is COc1nc2c(NCc3ccccc3)ncnc2[nH]1. The number of aromatic nitrogens is 4. The third kappa shape index (κ3) is 2.33. The van der Waals surface area contributed by atoms with Crippen LogP contribution in [0.1, 0.15) is 5.56 Å². The molecular formula is C13H13N5O. The van der Waals surface area contributed by atoms with Crippen molar-refractivity contribution in [2.45, 2.75) is 6.54 Å². The number of ether oxygens (including phenoxy) is 1. The maximum absolute atomic E-state index is 5.05. The molecule has 2 N–H and O–H groups in total. The largest absolute Gasteiger partial charge is 0.468 e. The average Bonchev–Trinajstić information content (AvgIpc) is 2.90. The minimum Gasteiger partial charge on any atom is -0.468 e. The molecule has 0 saturated heterocycles. The first kappa shape index (κ1) is 11.5. The summed E-state index contributed by atoms with van der Waals surface area (Å²) in [5, 5.41) is 3.25. The fourth-order valence-corrected chi connectivity index (χ4v) is 1.81. The summed E-state index contributed by atoms with van der Waals surface area (Å²) in [5.41, 5.74) is 2.51. The molecule has 2 aromatic heterocycles. The van der Waals surface area contributed by atoms with Gasteiger partial charge in [0.15, 0.2) is 17.0 Å². The fourth-order valence-electron chi connectivity index (χ4n) is 1.81. The molecule has 0 aliphatic carbocycles. The summed E-state index contributed by atoms with van der Waals surface area (Å²) in [6.07, 6.45) is 1.49. The average molecular weight is 255 g/mol. The lowest BCUT2D eigenvalue weighted by molar-refractivity contribution is 0.386. The molecule has 1 aromatic carbocycles. The van der Waals surface area contributed by atoms with Gasteiger partial charge in [0.25, 0.3) is 6.01 Å². The molecule has 0 unspecified atom stereocenters. The van der Waals surface area contributed by atoms with Gasteiger partial charge >= 0.3 is 0 Å². The molecule has 0 bridgehead atoms. The number of anilines is 1. The number of benzene rings is 1. The molecule has 3 rings (SSSR count). The van der Waals surface area contributed by atoms with Gasteiger partial charge in [-0.1, -0.05) is 30.3 Å². The minimum atomic E-state index is 0.429. The molecule has 3 aromatic rings. The molecule has 0 saturated carbocycles. The molecule has 6 heteroatoms. The fraction of sp³-hybridized carbons (Fsp3) is 0.154. The smallest absolute Gasteiger partial charge is 0.295 e. The Morgan fingerprint density at radius 2 is 2.05 bits per heavy atom. The highest BCUT2D eigenvalue weighted by Gasteiger charge is 2.09. The number of imidazole rings is 1. The zero-order chi connectivity index (χ0) is 13.1. The van der Waals surface area contributed by atoms with E-state index in [2.05, 4.69) is 37.4 Å². The van der Waals surface area contributed by atoms with Gasteiger partial charge in [-0.3, -0.25) is 4.98 Å². The third-order valence-corrected chi connectivity index (χ3v) is 2.76. The first-order valence-corrected chi connectivity index (χ1v) is 5.89. The standard InChI is InChI=1S/C13H13N5O/c1-19-13-17-10-11(15-8-16-12(10)18-13)14-7-9-5-3-2-4-6-9/h2-6,8H,7H2,1H3,(H2,14,15,16,17,18). The lowest BCUT2D eigenvalue weighted by atomic mass is 10.2. The highest BCUT2D eigenvalue weighted by atomic mass is 16.5. The zero-order valence-electron chi connectivity index (χ0n) is 10.4. The predicted molar refractivity (Wildman–Crippen MR) is 72.0 cm³/mol. The van der Waals surface area contributed by atoms with Gasteiger partial charge < -0.3 is 10.1 Å². The first-order chi connectivity index (χ1) is 9.36. The summed E-state index contributed by atoms with van der Waals surface area (Å²) in [6.45, 7) is 0.683. The number of nitrogens with zero attached hydrogens (tertiary/aromatic N) is 3. The van der Waals surface area contributed by atoms with Crippen molar-refractivity contribution >= 4 is 17.0 Å². The number of hydrogen-bond donors (Lipinski definition) is 2. The molecule has 6 nitrogen and oxygen atoms in total. The van der Waals surface area contributed by atoms with E-state index in [0.29, 0.717) is 29.5 Å². The summed E-state index contributed by atoms with van der Waals surface area (Å²) >= 11 is 0. The maximum Gasteiger partial charge on any atom is 0.295 e. The highest BCUT2D eigenvalue weighted by Crippen LogP contribution is 2.19. The van der Waals surface area contributed by atoms with E-state index in [1.54, 1.807) is 7.11 Å². The van der Waals surface area contributed by atoms with Crippen LogP contribution in [0.4, 0.5) is 5.82 Å². The topological polar surface area (TPSA) is 75.7 Å². The maximum atomic E-state index is 5.05. The van der Waals surface area contributed by atoms with Crippen molar-refractivity contribution < 1.29 is 4.74 Å². The van der Waals surface area contributed by atoms with Gasteiger partial charge in [0.05, 0.1) is 7.11 Å². The van der Waals surface area contributed by atoms with E-state index >= 15 is 0 Å². The molecule has 2 heterocycles. The Labute approximate surface area is 109 Å². The second-order valence-corrected chi connectivity index (χ2v) is 4.00. The Morgan fingerprint density at radius 3 is 2.84 bits per heavy atom. The Morgan fingerprint density at radius 1 is 1.21 bits per heavy atom. The molecule has 0 radical (unpaired) electrons. The summed E-state index contributed by atoms with van der Waals surface area (Å²) < 4.78 is 5.05. The van der Waals surface area contributed by atoms with Crippen LogP contribution in [-0.4, -0.2) is 27.0 Å². The van der Waals surface area contributed by atoms with E-state index in [9.17, 15) is 0 Å². The van der Waals surface area contributed by atoms with E-state index in [-0.39, 0.29) is 0 Å². The number of fused-ring (bicyclic) bond motifs is 1. The molecule has 0 amide bonds. The monoisotopic (exact) mass is 255 g/mol. The molecular weight excluding hydrogens is 242 g/mol. The van der Waals surface area contributed by atoms with E-state index in [4.69, 9.17) is 4.74 Å². The second kappa shape index (κ2) is 4.93. The Balaban J connectivity index is 1.86. The Hall–Kier alpha value is -2.63. The van der Waals surface area contributed by atoms with Gasteiger partial charge in [0, 0.05) is 6.54 Å². The van der Waals surface area contributed by atoms with Crippen molar-refractivity contribution in [2.75, 3.05) is 12.4 Å². The van der Waals surface area contributed by atoms with Crippen LogP contribution in [0.25, 0.3) is 11.2 Å². The van der Waals surface area contributed by atoms with Gasteiger partial charge in [0.1, 0.15) is 6.33 Å². The summed E-state index contributed by atoms with van der Waals surface area (Å²) in [5.74, 6) is 0.688. The number of methoxy groups -OCH3 is 1. The Bertz CT molecular complexity index is 680. The van der Waals surface area contributed by atoms with E-state index < -0.39 is 0 Å². The van der Waals surface area contributed by atoms with Crippen LogP contribution in [0.15, 0.2) is 36.7 Å². The van der Waals surface area contributed by atoms with Crippen LogP contribution >= 0.6 is 0 Å². The van der Waals surface area contributed by atoms with Gasteiger partial charge in [-0.2, -0.15) is 4.98 Å². The second-order valence-electron chi connectivity index (χ2n) is 4.00. The summed E-state index contributed by atoms with van der Waals surface area (Å²) in [4.78, 5) is 15.6. The minimum absolute atomic E-state index is 0.429. The van der Waals surface area contributed by atoms with E-state index in [0.717, 1.165) is 0 Å². The molecule has 0 aliphatic heterocycles. The number of aromatic amines is 1.